The lowest BCUT2D eigenvalue weighted by atomic mass is 10.2. The van der Waals surface area contributed by atoms with Gasteiger partial charge >= 0.3 is 0 Å². The molecule has 0 unspecified atom stereocenters. The Kier molecular flexibility index (Phi) is 4.92. The maximum atomic E-state index is 4.50. The standard InChI is InChI=1S/C15H22N6/c1-5-21(6-2)14-11-16-19-15(18-14)17-12-7-9-13(10-8-12)20(3)4/h7-11H,5-6H2,1-4H3,(H,17,18,19). The normalized spacial score (nSPS) is 10.3. The van der Waals surface area contributed by atoms with Crippen LogP contribution in [-0.4, -0.2) is 42.4 Å². The van der Waals surface area contributed by atoms with Gasteiger partial charge in [0.15, 0.2) is 5.82 Å². The van der Waals surface area contributed by atoms with Gasteiger partial charge in [-0.25, -0.2) is 0 Å². The summed E-state index contributed by atoms with van der Waals surface area (Å²) in [6.07, 6.45) is 1.69. The number of anilines is 4. The van der Waals surface area contributed by atoms with Gasteiger partial charge in [-0.1, -0.05) is 0 Å². The summed E-state index contributed by atoms with van der Waals surface area (Å²) < 4.78 is 0. The van der Waals surface area contributed by atoms with Gasteiger partial charge in [-0.2, -0.15) is 10.1 Å². The molecule has 112 valence electrons. The highest BCUT2D eigenvalue weighted by Gasteiger charge is 2.06. The molecule has 0 saturated carbocycles. The second-order valence-electron chi connectivity index (χ2n) is 4.88. The van der Waals surface area contributed by atoms with Crippen molar-refractivity contribution in [1.29, 1.82) is 0 Å². The minimum Gasteiger partial charge on any atom is -0.378 e. The molecule has 21 heavy (non-hydrogen) atoms. The van der Waals surface area contributed by atoms with Crippen LogP contribution in [0.15, 0.2) is 30.5 Å². The van der Waals surface area contributed by atoms with Gasteiger partial charge in [0.05, 0.1) is 6.20 Å². The van der Waals surface area contributed by atoms with Gasteiger partial charge < -0.3 is 15.1 Å². The molecule has 6 nitrogen and oxygen atoms in total. The van der Waals surface area contributed by atoms with Crippen LogP contribution in [0.5, 0.6) is 0 Å². The molecule has 0 atom stereocenters. The van der Waals surface area contributed by atoms with Gasteiger partial charge in [-0.15, -0.1) is 5.10 Å². The van der Waals surface area contributed by atoms with Crippen molar-refractivity contribution in [2.75, 3.05) is 42.3 Å². The Bertz CT molecular complexity index is 563. The van der Waals surface area contributed by atoms with Crippen molar-refractivity contribution >= 4 is 23.1 Å². The van der Waals surface area contributed by atoms with Gasteiger partial charge in [0, 0.05) is 38.6 Å². The lowest BCUT2D eigenvalue weighted by Gasteiger charge is -2.19. The van der Waals surface area contributed by atoms with Crippen molar-refractivity contribution in [3.05, 3.63) is 30.5 Å². The quantitative estimate of drug-likeness (QED) is 0.880. The summed E-state index contributed by atoms with van der Waals surface area (Å²) in [6, 6.07) is 8.10. The predicted molar refractivity (Wildman–Crippen MR) is 87.4 cm³/mol. The van der Waals surface area contributed by atoms with Crippen molar-refractivity contribution in [3.8, 4) is 0 Å². The predicted octanol–water partition coefficient (Wildman–Crippen LogP) is 2.53. The Hall–Kier alpha value is -2.37. The molecular weight excluding hydrogens is 264 g/mol. The van der Waals surface area contributed by atoms with E-state index < -0.39 is 0 Å². The molecule has 0 aliphatic rings. The van der Waals surface area contributed by atoms with Crippen LogP contribution in [-0.2, 0) is 0 Å². The summed E-state index contributed by atoms with van der Waals surface area (Å²) in [7, 11) is 4.03. The molecule has 0 spiro atoms. The van der Waals surface area contributed by atoms with Crippen molar-refractivity contribution in [3.63, 3.8) is 0 Å². The van der Waals surface area contributed by atoms with E-state index in [4.69, 9.17) is 0 Å². The van der Waals surface area contributed by atoms with E-state index in [1.807, 2.05) is 38.4 Å². The number of rotatable bonds is 6. The van der Waals surface area contributed by atoms with Gasteiger partial charge in [0.2, 0.25) is 5.95 Å². The van der Waals surface area contributed by atoms with Crippen LogP contribution in [0.25, 0.3) is 0 Å². The van der Waals surface area contributed by atoms with Crippen molar-refractivity contribution < 1.29 is 0 Å². The number of benzene rings is 1. The lowest BCUT2D eigenvalue weighted by Crippen LogP contribution is -2.23. The van der Waals surface area contributed by atoms with Gasteiger partial charge in [0.1, 0.15) is 0 Å². The minimum absolute atomic E-state index is 0.511. The molecule has 1 heterocycles. The van der Waals surface area contributed by atoms with Crippen LogP contribution in [0.3, 0.4) is 0 Å². The highest BCUT2D eigenvalue weighted by atomic mass is 15.3. The minimum atomic E-state index is 0.511. The fourth-order valence-electron chi connectivity index (χ4n) is 2.02. The molecule has 1 N–H and O–H groups in total. The van der Waals surface area contributed by atoms with Gasteiger partial charge in [-0.3, -0.25) is 0 Å². The zero-order valence-electron chi connectivity index (χ0n) is 13.0. The number of aromatic nitrogens is 3. The zero-order valence-corrected chi connectivity index (χ0v) is 13.0. The molecule has 2 aromatic rings. The van der Waals surface area contributed by atoms with E-state index in [9.17, 15) is 0 Å². The van der Waals surface area contributed by atoms with Crippen LogP contribution in [0, 0.1) is 0 Å². The first-order valence-corrected chi connectivity index (χ1v) is 7.13. The topological polar surface area (TPSA) is 57.2 Å². The molecule has 1 aromatic carbocycles. The van der Waals surface area contributed by atoms with Gasteiger partial charge in [-0.05, 0) is 38.1 Å². The first-order chi connectivity index (χ1) is 10.1. The Morgan fingerprint density at radius 1 is 1.05 bits per heavy atom. The lowest BCUT2D eigenvalue weighted by molar-refractivity contribution is 0.826. The Morgan fingerprint density at radius 2 is 1.71 bits per heavy atom. The van der Waals surface area contributed by atoms with E-state index in [1.54, 1.807) is 6.20 Å². The molecule has 2 rings (SSSR count). The number of nitrogens with zero attached hydrogens (tertiary/aromatic N) is 5. The Morgan fingerprint density at radius 3 is 2.29 bits per heavy atom. The molecule has 1 aromatic heterocycles. The van der Waals surface area contributed by atoms with E-state index in [1.165, 1.54) is 0 Å². The van der Waals surface area contributed by atoms with Crippen molar-refractivity contribution in [2.24, 2.45) is 0 Å². The maximum Gasteiger partial charge on any atom is 0.249 e. The molecule has 0 aliphatic carbocycles. The molecule has 6 heteroatoms. The average molecular weight is 286 g/mol. The first kappa shape index (κ1) is 15.0. The van der Waals surface area contributed by atoms with Crippen LogP contribution >= 0.6 is 0 Å². The summed E-state index contributed by atoms with van der Waals surface area (Å²) in [6.45, 7) is 5.98. The third-order valence-electron chi connectivity index (χ3n) is 3.27. The smallest absolute Gasteiger partial charge is 0.249 e. The van der Waals surface area contributed by atoms with E-state index in [0.29, 0.717) is 5.95 Å². The molecule has 0 fully saturated rings. The zero-order chi connectivity index (χ0) is 15.2. The highest BCUT2D eigenvalue weighted by molar-refractivity contribution is 5.59. The van der Waals surface area contributed by atoms with E-state index >= 15 is 0 Å². The highest BCUT2D eigenvalue weighted by Crippen LogP contribution is 2.19. The van der Waals surface area contributed by atoms with Crippen LogP contribution in [0.2, 0.25) is 0 Å². The second kappa shape index (κ2) is 6.88. The summed E-state index contributed by atoms with van der Waals surface area (Å²) in [4.78, 5) is 8.69. The molecule has 0 amide bonds. The third-order valence-corrected chi connectivity index (χ3v) is 3.27. The summed E-state index contributed by atoms with van der Waals surface area (Å²) in [5.41, 5.74) is 2.09. The van der Waals surface area contributed by atoms with E-state index in [2.05, 4.69) is 44.1 Å². The number of hydrogen-bond donors (Lipinski definition) is 1. The van der Waals surface area contributed by atoms with E-state index in [0.717, 1.165) is 30.3 Å². The van der Waals surface area contributed by atoms with Crippen LogP contribution in [0.1, 0.15) is 13.8 Å². The maximum absolute atomic E-state index is 4.50. The monoisotopic (exact) mass is 286 g/mol. The molecule has 0 aliphatic heterocycles. The summed E-state index contributed by atoms with van der Waals surface area (Å²) in [5, 5.41) is 11.2. The van der Waals surface area contributed by atoms with Crippen LogP contribution in [0.4, 0.5) is 23.1 Å². The Labute approximate surface area is 125 Å². The van der Waals surface area contributed by atoms with Gasteiger partial charge in [0.25, 0.3) is 0 Å². The Balaban J connectivity index is 2.14. The first-order valence-electron chi connectivity index (χ1n) is 7.13. The molecular formula is C15H22N6. The second-order valence-corrected chi connectivity index (χ2v) is 4.88. The van der Waals surface area contributed by atoms with Crippen molar-refractivity contribution in [2.45, 2.75) is 13.8 Å². The average Bonchev–Trinajstić information content (AvgIpc) is 2.49. The van der Waals surface area contributed by atoms with Crippen LogP contribution < -0.4 is 15.1 Å². The number of nitrogens with one attached hydrogen (secondary N) is 1. The number of hydrogen-bond acceptors (Lipinski definition) is 6. The summed E-state index contributed by atoms with van der Waals surface area (Å²) >= 11 is 0. The SMILES string of the molecule is CCN(CC)c1cnnc(Nc2ccc(N(C)C)cc2)n1. The van der Waals surface area contributed by atoms with E-state index in [-0.39, 0.29) is 0 Å². The third kappa shape index (κ3) is 3.81. The summed E-state index contributed by atoms with van der Waals surface area (Å²) in [5.74, 6) is 1.35. The molecule has 0 radical (unpaired) electrons. The largest absolute Gasteiger partial charge is 0.378 e. The molecule has 0 bridgehead atoms. The fourth-order valence-corrected chi connectivity index (χ4v) is 2.02. The van der Waals surface area contributed by atoms with Crippen molar-refractivity contribution in [1.82, 2.24) is 15.2 Å². The molecule has 0 saturated heterocycles. The fraction of sp³-hybridized carbons (Fsp3) is 0.400.